The van der Waals surface area contributed by atoms with Crippen molar-refractivity contribution in [2.75, 3.05) is 0 Å². The minimum absolute atomic E-state index is 0.231. The lowest BCUT2D eigenvalue weighted by Gasteiger charge is -2.16. The molecule has 0 spiro atoms. The van der Waals surface area contributed by atoms with Crippen LogP contribution in [0.4, 0.5) is 0 Å². The molecule has 0 saturated carbocycles. The number of aryl methyl sites for hydroxylation is 1. The van der Waals surface area contributed by atoms with E-state index in [0.29, 0.717) is 23.1 Å². The van der Waals surface area contributed by atoms with Gasteiger partial charge in [-0.05, 0) is 43.7 Å². The Balaban J connectivity index is 1.63. The molecule has 3 rings (SSSR count). The first-order valence-corrected chi connectivity index (χ1v) is 8.42. The van der Waals surface area contributed by atoms with E-state index in [9.17, 15) is 4.79 Å². The van der Waals surface area contributed by atoms with Gasteiger partial charge >= 0.3 is 0 Å². The third kappa shape index (κ3) is 4.18. The van der Waals surface area contributed by atoms with E-state index in [4.69, 9.17) is 16.3 Å². The summed E-state index contributed by atoms with van der Waals surface area (Å²) >= 11 is 6.00. The molecule has 0 aliphatic rings. The molecule has 1 unspecified atom stereocenters. The van der Waals surface area contributed by atoms with Crippen molar-refractivity contribution in [3.8, 4) is 11.6 Å². The minimum atomic E-state index is -0.651. The highest BCUT2D eigenvalue weighted by Gasteiger charge is 2.16. The SMILES string of the molecule is Cc1cc(OC(C)C(=O)NCc2cccnc2-n2cncn2)ccc1Cl. The molecule has 0 bridgehead atoms. The summed E-state index contributed by atoms with van der Waals surface area (Å²) in [7, 11) is 0. The number of halogens is 1. The molecule has 1 amide bonds. The summed E-state index contributed by atoms with van der Waals surface area (Å²) in [5, 5.41) is 7.59. The van der Waals surface area contributed by atoms with Gasteiger partial charge in [0.15, 0.2) is 11.9 Å². The molecule has 2 heterocycles. The van der Waals surface area contributed by atoms with Gasteiger partial charge < -0.3 is 10.1 Å². The van der Waals surface area contributed by atoms with Gasteiger partial charge in [0.05, 0.1) is 0 Å². The molecule has 0 aliphatic carbocycles. The van der Waals surface area contributed by atoms with Gasteiger partial charge in [0.25, 0.3) is 5.91 Å². The number of hydrogen-bond acceptors (Lipinski definition) is 5. The molecular formula is C18H18ClN5O2. The average molecular weight is 372 g/mol. The van der Waals surface area contributed by atoms with Crippen molar-refractivity contribution < 1.29 is 9.53 Å². The van der Waals surface area contributed by atoms with Crippen molar-refractivity contribution in [1.29, 1.82) is 0 Å². The van der Waals surface area contributed by atoms with E-state index in [2.05, 4.69) is 20.4 Å². The van der Waals surface area contributed by atoms with Crippen LogP contribution in [0.2, 0.25) is 5.02 Å². The van der Waals surface area contributed by atoms with Crippen LogP contribution in [0.3, 0.4) is 0 Å². The van der Waals surface area contributed by atoms with E-state index >= 15 is 0 Å². The zero-order valence-electron chi connectivity index (χ0n) is 14.4. The van der Waals surface area contributed by atoms with E-state index in [0.717, 1.165) is 11.1 Å². The predicted octanol–water partition coefficient (Wildman–Crippen LogP) is 2.71. The molecular weight excluding hydrogens is 354 g/mol. The number of carbonyl (C=O) groups excluding carboxylic acids is 1. The van der Waals surface area contributed by atoms with Crippen LogP contribution in [0, 0.1) is 6.92 Å². The van der Waals surface area contributed by atoms with Crippen LogP contribution in [-0.4, -0.2) is 31.8 Å². The van der Waals surface area contributed by atoms with Crippen LogP contribution in [0.25, 0.3) is 5.82 Å². The number of hydrogen-bond donors (Lipinski definition) is 1. The van der Waals surface area contributed by atoms with E-state index in [-0.39, 0.29) is 5.91 Å². The number of ether oxygens (including phenoxy) is 1. The highest BCUT2D eigenvalue weighted by molar-refractivity contribution is 6.31. The molecule has 0 aliphatic heterocycles. The van der Waals surface area contributed by atoms with Crippen molar-refractivity contribution in [2.45, 2.75) is 26.5 Å². The van der Waals surface area contributed by atoms with E-state index < -0.39 is 6.10 Å². The maximum Gasteiger partial charge on any atom is 0.261 e. The molecule has 1 atom stereocenters. The smallest absolute Gasteiger partial charge is 0.261 e. The molecule has 0 fully saturated rings. The van der Waals surface area contributed by atoms with Crippen LogP contribution in [0.15, 0.2) is 49.2 Å². The third-order valence-electron chi connectivity index (χ3n) is 3.77. The van der Waals surface area contributed by atoms with Crippen LogP contribution >= 0.6 is 11.6 Å². The van der Waals surface area contributed by atoms with Gasteiger partial charge in [0.2, 0.25) is 0 Å². The van der Waals surface area contributed by atoms with Crippen molar-refractivity contribution >= 4 is 17.5 Å². The largest absolute Gasteiger partial charge is 0.481 e. The lowest BCUT2D eigenvalue weighted by atomic mass is 10.2. The van der Waals surface area contributed by atoms with Crippen LogP contribution in [0.5, 0.6) is 5.75 Å². The first kappa shape index (κ1) is 17.9. The minimum Gasteiger partial charge on any atom is -0.481 e. The Labute approximate surface area is 156 Å². The fraction of sp³-hybridized carbons (Fsp3) is 0.222. The van der Waals surface area contributed by atoms with Crippen molar-refractivity contribution in [3.63, 3.8) is 0 Å². The standard InChI is InChI=1S/C18H18ClN5O2/c1-12-8-15(5-6-16(12)19)26-13(2)18(25)22-9-14-4-3-7-21-17(14)24-11-20-10-23-24/h3-8,10-11,13H,9H2,1-2H3,(H,22,25). The summed E-state index contributed by atoms with van der Waals surface area (Å²) in [4.78, 5) is 20.6. The summed E-state index contributed by atoms with van der Waals surface area (Å²) in [5.74, 6) is 0.984. The maximum absolute atomic E-state index is 12.4. The van der Waals surface area contributed by atoms with E-state index in [1.807, 2.05) is 13.0 Å². The second kappa shape index (κ2) is 7.97. The Morgan fingerprint density at radius 1 is 1.38 bits per heavy atom. The van der Waals surface area contributed by atoms with Crippen LogP contribution < -0.4 is 10.1 Å². The van der Waals surface area contributed by atoms with E-state index in [1.54, 1.807) is 48.4 Å². The first-order valence-electron chi connectivity index (χ1n) is 8.04. The zero-order chi connectivity index (χ0) is 18.5. The third-order valence-corrected chi connectivity index (χ3v) is 4.19. The number of nitrogens with one attached hydrogen (secondary N) is 1. The number of amides is 1. The summed E-state index contributed by atoms with van der Waals surface area (Å²) in [5.41, 5.74) is 1.71. The van der Waals surface area contributed by atoms with Crippen LogP contribution in [0.1, 0.15) is 18.1 Å². The quantitative estimate of drug-likeness (QED) is 0.720. The van der Waals surface area contributed by atoms with Gasteiger partial charge in [0, 0.05) is 23.3 Å². The van der Waals surface area contributed by atoms with Crippen LogP contribution in [-0.2, 0) is 11.3 Å². The predicted molar refractivity (Wildman–Crippen MR) is 97.3 cm³/mol. The molecule has 2 aromatic heterocycles. The van der Waals surface area contributed by atoms with Gasteiger partial charge in [-0.15, -0.1) is 0 Å². The lowest BCUT2D eigenvalue weighted by Crippen LogP contribution is -2.36. The summed E-state index contributed by atoms with van der Waals surface area (Å²) in [6, 6.07) is 8.96. The number of carbonyl (C=O) groups is 1. The summed E-state index contributed by atoms with van der Waals surface area (Å²) in [6.45, 7) is 3.88. The highest BCUT2D eigenvalue weighted by atomic mass is 35.5. The molecule has 1 aromatic carbocycles. The second-order valence-corrected chi connectivity index (χ2v) is 6.12. The van der Waals surface area contributed by atoms with Gasteiger partial charge in [-0.3, -0.25) is 4.79 Å². The van der Waals surface area contributed by atoms with Gasteiger partial charge in [-0.1, -0.05) is 17.7 Å². The van der Waals surface area contributed by atoms with Gasteiger partial charge in [-0.2, -0.15) is 5.10 Å². The van der Waals surface area contributed by atoms with Gasteiger partial charge in [-0.25, -0.2) is 14.6 Å². The molecule has 8 heteroatoms. The highest BCUT2D eigenvalue weighted by Crippen LogP contribution is 2.22. The Morgan fingerprint density at radius 3 is 2.96 bits per heavy atom. The number of benzene rings is 1. The number of aromatic nitrogens is 4. The summed E-state index contributed by atoms with van der Waals surface area (Å²) in [6.07, 6.45) is 4.00. The monoisotopic (exact) mass is 371 g/mol. The molecule has 0 radical (unpaired) electrons. The van der Waals surface area contributed by atoms with Crippen molar-refractivity contribution in [3.05, 3.63) is 65.3 Å². The Hall–Kier alpha value is -2.93. The fourth-order valence-corrected chi connectivity index (χ4v) is 2.48. The van der Waals surface area contributed by atoms with E-state index in [1.165, 1.54) is 6.33 Å². The molecule has 1 N–H and O–H groups in total. The Bertz CT molecular complexity index is 898. The fourth-order valence-electron chi connectivity index (χ4n) is 2.37. The number of pyridine rings is 1. The first-order chi connectivity index (χ1) is 12.5. The van der Waals surface area contributed by atoms with Gasteiger partial charge in [0.1, 0.15) is 18.4 Å². The molecule has 26 heavy (non-hydrogen) atoms. The van der Waals surface area contributed by atoms with Crippen molar-refractivity contribution in [2.24, 2.45) is 0 Å². The second-order valence-electron chi connectivity index (χ2n) is 5.72. The number of rotatable bonds is 6. The van der Waals surface area contributed by atoms with Crippen molar-refractivity contribution in [1.82, 2.24) is 25.1 Å². The number of nitrogens with zero attached hydrogens (tertiary/aromatic N) is 4. The lowest BCUT2D eigenvalue weighted by molar-refractivity contribution is -0.127. The molecule has 7 nitrogen and oxygen atoms in total. The molecule has 3 aromatic rings. The molecule has 134 valence electrons. The zero-order valence-corrected chi connectivity index (χ0v) is 15.1. The maximum atomic E-state index is 12.4. The summed E-state index contributed by atoms with van der Waals surface area (Å²) < 4.78 is 7.24. The Kier molecular flexibility index (Phi) is 5.48. The normalized spacial score (nSPS) is 11.8. The average Bonchev–Trinajstić information content (AvgIpc) is 3.17. The Morgan fingerprint density at radius 2 is 2.23 bits per heavy atom. The topological polar surface area (TPSA) is 81.9 Å². The molecule has 0 saturated heterocycles.